The van der Waals surface area contributed by atoms with Gasteiger partial charge in [0, 0.05) is 49.0 Å². The van der Waals surface area contributed by atoms with Gasteiger partial charge in [0.2, 0.25) is 5.91 Å². The Morgan fingerprint density at radius 2 is 1.77 bits per heavy atom. The zero-order chi connectivity index (χ0) is 22.0. The smallest absolute Gasteiger partial charge is 0.410 e. The molecule has 0 N–H and O–H groups in total. The Morgan fingerprint density at radius 1 is 1.06 bits per heavy atom. The van der Waals surface area contributed by atoms with E-state index in [0.717, 1.165) is 28.3 Å². The standard InChI is InChI=1S/C23H28N4O3S/c1-23(2,3)30-22(29)26-11-7-10-25(12-13-26)20(28)14-18-16-31-21-24-19(15-27(18)21)17-8-5-4-6-9-17/h4-6,8-9,15-16H,7,10-14H2,1-3H3. The number of aromatic nitrogens is 2. The van der Waals surface area contributed by atoms with Crippen molar-refractivity contribution in [2.45, 2.75) is 39.2 Å². The molecule has 1 aliphatic heterocycles. The fourth-order valence-electron chi connectivity index (χ4n) is 3.65. The molecular weight excluding hydrogens is 412 g/mol. The molecule has 1 fully saturated rings. The quantitative estimate of drug-likeness (QED) is 0.616. The molecule has 0 aliphatic carbocycles. The molecule has 7 nitrogen and oxygen atoms in total. The van der Waals surface area contributed by atoms with E-state index < -0.39 is 5.60 Å². The Balaban J connectivity index is 1.41. The maximum atomic E-state index is 13.0. The SMILES string of the molecule is CC(C)(C)OC(=O)N1CCCN(C(=O)Cc2csc3nc(-c4ccccc4)cn23)CC1. The third-order valence-corrected chi connectivity index (χ3v) is 6.07. The summed E-state index contributed by atoms with van der Waals surface area (Å²) in [6.45, 7) is 7.83. The van der Waals surface area contributed by atoms with Crippen molar-refractivity contribution < 1.29 is 14.3 Å². The van der Waals surface area contributed by atoms with Crippen molar-refractivity contribution in [3.63, 3.8) is 0 Å². The number of carbonyl (C=O) groups excluding carboxylic acids is 2. The molecule has 0 spiro atoms. The van der Waals surface area contributed by atoms with Gasteiger partial charge in [0.1, 0.15) is 5.60 Å². The largest absolute Gasteiger partial charge is 0.444 e. The number of nitrogens with zero attached hydrogens (tertiary/aromatic N) is 4. The minimum absolute atomic E-state index is 0.0701. The van der Waals surface area contributed by atoms with E-state index >= 15 is 0 Å². The summed E-state index contributed by atoms with van der Waals surface area (Å²) < 4.78 is 7.48. The van der Waals surface area contributed by atoms with E-state index in [-0.39, 0.29) is 12.0 Å². The number of rotatable bonds is 3. The predicted molar refractivity (Wildman–Crippen MR) is 121 cm³/mol. The minimum Gasteiger partial charge on any atom is -0.444 e. The van der Waals surface area contributed by atoms with Crippen molar-refractivity contribution in [2.75, 3.05) is 26.2 Å². The fourth-order valence-corrected chi connectivity index (χ4v) is 4.52. The number of hydrogen-bond donors (Lipinski definition) is 0. The molecule has 0 bridgehead atoms. The number of fused-ring (bicyclic) bond motifs is 1. The van der Waals surface area contributed by atoms with Gasteiger partial charge in [-0.3, -0.25) is 9.20 Å². The topological polar surface area (TPSA) is 67.2 Å². The number of benzene rings is 1. The van der Waals surface area contributed by atoms with Crippen LogP contribution in [-0.2, 0) is 16.0 Å². The van der Waals surface area contributed by atoms with Crippen LogP contribution < -0.4 is 0 Å². The van der Waals surface area contributed by atoms with E-state index in [9.17, 15) is 9.59 Å². The second-order valence-corrected chi connectivity index (χ2v) is 9.59. The summed E-state index contributed by atoms with van der Waals surface area (Å²) in [6, 6.07) is 10.0. The van der Waals surface area contributed by atoms with Gasteiger partial charge in [-0.15, -0.1) is 11.3 Å². The van der Waals surface area contributed by atoms with Gasteiger partial charge < -0.3 is 14.5 Å². The molecule has 31 heavy (non-hydrogen) atoms. The lowest BCUT2D eigenvalue weighted by Crippen LogP contribution is -2.40. The van der Waals surface area contributed by atoms with Gasteiger partial charge in [0.05, 0.1) is 12.1 Å². The third kappa shape index (κ3) is 5.07. The lowest BCUT2D eigenvalue weighted by molar-refractivity contribution is -0.130. The first-order valence-corrected chi connectivity index (χ1v) is 11.4. The fraction of sp³-hybridized carbons (Fsp3) is 0.435. The maximum Gasteiger partial charge on any atom is 0.410 e. The molecule has 3 aromatic rings. The Hall–Kier alpha value is -2.87. The first-order valence-electron chi connectivity index (χ1n) is 10.6. The number of carbonyl (C=O) groups is 2. The van der Waals surface area contributed by atoms with Crippen LogP contribution in [0.3, 0.4) is 0 Å². The molecule has 0 radical (unpaired) electrons. The first-order chi connectivity index (χ1) is 14.8. The van der Waals surface area contributed by atoms with Crippen molar-refractivity contribution in [3.8, 4) is 11.3 Å². The molecule has 3 heterocycles. The highest BCUT2D eigenvalue weighted by molar-refractivity contribution is 7.15. The van der Waals surface area contributed by atoms with Gasteiger partial charge in [0.15, 0.2) is 4.96 Å². The first kappa shape index (κ1) is 21.4. The van der Waals surface area contributed by atoms with Crippen LogP contribution in [0.1, 0.15) is 32.9 Å². The zero-order valence-electron chi connectivity index (χ0n) is 18.2. The van der Waals surface area contributed by atoms with Crippen LogP contribution in [0.15, 0.2) is 41.9 Å². The molecule has 0 saturated carbocycles. The number of imidazole rings is 1. The Bertz CT molecular complexity index is 1070. The van der Waals surface area contributed by atoms with Crippen LogP contribution in [-0.4, -0.2) is 63.0 Å². The van der Waals surface area contributed by atoms with Crippen molar-refractivity contribution in [2.24, 2.45) is 0 Å². The van der Waals surface area contributed by atoms with Gasteiger partial charge in [-0.2, -0.15) is 0 Å². The molecule has 8 heteroatoms. The van der Waals surface area contributed by atoms with Gasteiger partial charge >= 0.3 is 6.09 Å². The molecule has 0 unspecified atom stereocenters. The van der Waals surface area contributed by atoms with Crippen molar-refractivity contribution in [1.29, 1.82) is 0 Å². The minimum atomic E-state index is -0.521. The summed E-state index contributed by atoms with van der Waals surface area (Å²) in [5.74, 6) is 0.0701. The highest BCUT2D eigenvalue weighted by atomic mass is 32.1. The molecule has 1 saturated heterocycles. The molecule has 164 valence electrons. The predicted octanol–water partition coefficient (Wildman–Crippen LogP) is 4.07. The molecule has 4 rings (SSSR count). The van der Waals surface area contributed by atoms with Crippen molar-refractivity contribution in [3.05, 3.63) is 47.6 Å². The normalized spacial score (nSPS) is 15.2. The van der Waals surface area contributed by atoms with E-state index in [1.165, 1.54) is 0 Å². The Kier molecular flexibility index (Phi) is 6.00. The summed E-state index contributed by atoms with van der Waals surface area (Å²) in [4.78, 5) is 34.5. The van der Waals surface area contributed by atoms with Crippen molar-refractivity contribution >= 4 is 28.3 Å². The number of thiazole rings is 1. The second-order valence-electron chi connectivity index (χ2n) is 8.75. The van der Waals surface area contributed by atoms with Gasteiger partial charge in [-0.05, 0) is 27.2 Å². The summed E-state index contributed by atoms with van der Waals surface area (Å²) in [5, 5.41) is 2.00. The van der Waals surface area contributed by atoms with Crippen LogP contribution in [0.25, 0.3) is 16.2 Å². The maximum absolute atomic E-state index is 13.0. The molecule has 1 aromatic carbocycles. The highest BCUT2D eigenvalue weighted by Gasteiger charge is 2.26. The van der Waals surface area contributed by atoms with Crippen LogP contribution in [0.5, 0.6) is 0 Å². The van der Waals surface area contributed by atoms with E-state index in [2.05, 4.69) is 0 Å². The number of hydrogen-bond acceptors (Lipinski definition) is 5. The highest BCUT2D eigenvalue weighted by Crippen LogP contribution is 2.24. The summed E-state index contributed by atoms with van der Waals surface area (Å²) in [7, 11) is 0. The Morgan fingerprint density at radius 3 is 2.52 bits per heavy atom. The summed E-state index contributed by atoms with van der Waals surface area (Å²) in [6.07, 6.45) is 2.74. The zero-order valence-corrected chi connectivity index (χ0v) is 19.0. The van der Waals surface area contributed by atoms with E-state index in [4.69, 9.17) is 9.72 Å². The second kappa shape index (κ2) is 8.70. The average Bonchev–Trinajstić information content (AvgIpc) is 3.20. The van der Waals surface area contributed by atoms with Crippen LogP contribution in [0.4, 0.5) is 4.79 Å². The van der Waals surface area contributed by atoms with Crippen LogP contribution in [0, 0.1) is 0 Å². The molecule has 2 amide bonds. The van der Waals surface area contributed by atoms with Gasteiger partial charge in [0.25, 0.3) is 0 Å². The lowest BCUT2D eigenvalue weighted by Gasteiger charge is -2.26. The van der Waals surface area contributed by atoms with Crippen molar-refractivity contribution in [1.82, 2.24) is 19.2 Å². The van der Waals surface area contributed by atoms with Crippen LogP contribution >= 0.6 is 11.3 Å². The lowest BCUT2D eigenvalue weighted by atomic mass is 10.2. The Labute approximate surface area is 186 Å². The monoisotopic (exact) mass is 440 g/mol. The third-order valence-electron chi connectivity index (χ3n) is 5.19. The number of amides is 2. The van der Waals surface area contributed by atoms with E-state index in [1.807, 2.05) is 72.0 Å². The average molecular weight is 441 g/mol. The summed E-state index contributed by atoms with van der Waals surface area (Å²) in [5.41, 5.74) is 2.38. The van der Waals surface area contributed by atoms with Crippen LogP contribution in [0.2, 0.25) is 0 Å². The molecule has 2 aromatic heterocycles. The molecular formula is C23H28N4O3S. The summed E-state index contributed by atoms with van der Waals surface area (Å²) >= 11 is 1.54. The van der Waals surface area contributed by atoms with E-state index in [0.29, 0.717) is 32.6 Å². The molecule has 0 atom stereocenters. The van der Waals surface area contributed by atoms with E-state index in [1.54, 1.807) is 16.2 Å². The van der Waals surface area contributed by atoms with Gasteiger partial charge in [-0.1, -0.05) is 30.3 Å². The number of ether oxygens (including phenoxy) is 1. The van der Waals surface area contributed by atoms with Gasteiger partial charge in [-0.25, -0.2) is 9.78 Å². The molecule has 1 aliphatic rings.